The van der Waals surface area contributed by atoms with Gasteiger partial charge in [-0.15, -0.1) is 0 Å². The number of benzene rings is 2. The first-order valence-corrected chi connectivity index (χ1v) is 22.8. The van der Waals surface area contributed by atoms with Crippen molar-refractivity contribution in [3.8, 4) is 0 Å². The number of hydrogen-bond donors (Lipinski definition) is 4. The summed E-state index contributed by atoms with van der Waals surface area (Å²) in [5, 5.41) is 7.92. The van der Waals surface area contributed by atoms with Gasteiger partial charge in [0, 0.05) is 12.1 Å². The van der Waals surface area contributed by atoms with Gasteiger partial charge >= 0.3 is 0 Å². The average Bonchev–Trinajstić information content (AvgIpc) is 4.02. The van der Waals surface area contributed by atoms with Gasteiger partial charge < -0.3 is 20.6 Å². The van der Waals surface area contributed by atoms with Gasteiger partial charge in [0.25, 0.3) is 0 Å². The van der Waals surface area contributed by atoms with E-state index in [1.54, 1.807) is 16.7 Å². The van der Waals surface area contributed by atoms with Crippen LogP contribution in [0.5, 0.6) is 0 Å². The first-order valence-electron chi connectivity index (χ1n) is 22.8. The third kappa shape index (κ3) is 5.77. The summed E-state index contributed by atoms with van der Waals surface area (Å²) in [5.74, 6) is 7.60. The molecule has 3 saturated carbocycles. The van der Waals surface area contributed by atoms with Crippen molar-refractivity contribution in [2.45, 2.75) is 140 Å². The van der Waals surface area contributed by atoms with E-state index in [1.807, 2.05) is 0 Å². The van der Waals surface area contributed by atoms with Crippen LogP contribution in [0.2, 0.25) is 0 Å². The predicted octanol–water partition coefficient (Wildman–Crippen LogP) is 11.3. The highest BCUT2D eigenvalue weighted by atomic mass is 15.1. The molecule has 6 nitrogen and oxygen atoms in total. The molecule has 2 saturated heterocycles. The van der Waals surface area contributed by atoms with Crippen LogP contribution < -0.4 is 10.6 Å². The van der Waals surface area contributed by atoms with Gasteiger partial charge in [-0.05, 0) is 177 Å². The minimum absolute atomic E-state index is 0.368. The molecule has 0 radical (unpaired) electrons. The lowest BCUT2D eigenvalue weighted by Gasteiger charge is -2.50. The lowest BCUT2D eigenvalue weighted by atomic mass is 9.55. The van der Waals surface area contributed by atoms with Gasteiger partial charge in [0.15, 0.2) is 0 Å². The third-order valence-electron chi connectivity index (χ3n) is 16.7. The molecule has 9 aliphatic rings. The Morgan fingerprint density at radius 1 is 0.636 bits per heavy atom. The van der Waals surface area contributed by atoms with Gasteiger partial charge in [-0.1, -0.05) is 62.5 Å². The van der Waals surface area contributed by atoms with Crippen molar-refractivity contribution in [2.75, 3.05) is 0 Å². The van der Waals surface area contributed by atoms with E-state index in [-0.39, 0.29) is 0 Å². The van der Waals surface area contributed by atoms with Crippen molar-refractivity contribution in [3.05, 3.63) is 82.5 Å². The van der Waals surface area contributed by atoms with E-state index in [9.17, 15) is 0 Å². The second-order valence-electron chi connectivity index (χ2n) is 19.6. The molecule has 286 valence electrons. The minimum atomic E-state index is 0.368. The highest BCUT2D eigenvalue weighted by Crippen LogP contribution is 2.58. The van der Waals surface area contributed by atoms with Crippen LogP contribution in [0.3, 0.4) is 0 Å². The fourth-order valence-electron chi connectivity index (χ4n) is 13.6. The molecule has 11 atom stereocenters. The number of H-pyrrole nitrogens is 2. The van der Waals surface area contributed by atoms with Crippen molar-refractivity contribution in [1.29, 1.82) is 0 Å². The molecule has 6 heteroatoms. The summed E-state index contributed by atoms with van der Waals surface area (Å²) in [6.45, 7) is 2.42. The highest BCUT2D eigenvalue weighted by Gasteiger charge is 2.46. The highest BCUT2D eigenvalue weighted by molar-refractivity contribution is 5.87. The summed E-state index contributed by atoms with van der Waals surface area (Å²) >= 11 is 0. The number of allylic oxidation sites excluding steroid dienone is 6. The quantitative estimate of drug-likeness (QED) is 0.165. The Kier molecular flexibility index (Phi) is 8.13. The topological polar surface area (TPSA) is 81.4 Å². The van der Waals surface area contributed by atoms with E-state index >= 15 is 0 Å². The van der Waals surface area contributed by atoms with E-state index in [0.29, 0.717) is 36.0 Å². The number of aromatic nitrogens is 4. The van der Waals surface area contributed by atoms with Crippen molar-refractivity contribution in [1.82, 2.24) is 30.6 Å². The molecule has 5 fully saturated rings. The Labute approximate surface area is 326 Å². The van der Waals surface area contributed by atoms with Gasteiger partial charge in [-0.2, -0.15) is 0 Å². The summed E-state index contributed by atoms with van der Waals surface area (Å²) in [6.07, 6.45) is 27.7. The molecular formula is C49H60N6. The minimum Gasteiger partial charge on any atom is -0.341 e. The van der Waals surface area contributed by atoms with E-state index in [4.69, 9.17) is 9.97 Å². The lowest BCUT2D eigenvalue weighted by Crippen LogP contribution is -2.39. The smallest absolute Gasteiger partial charge is 0.124 e. The van der Waals surface area contributed by atoms with Gasteiger partial charge in [0.2, 0.25) is 0 Å². The monoisotopic (exact) mass is 732 g/mol. The van der Waals surface area contributed by atoms with Crippen molar-refractivity contribution >= 4 is 33.2 Å². The zero-order chi connectivity index (χ0) is 36.2. The molecule has 13 rings (SSSR count). The molecular weight excluding hydrogens is 673 g/mol. The molecule has 55 heavy (non-hydrogen) atoms. The Hall–Kier alpha value is -3.48. The van der Waals surface area contributed by atoms with E-state index in [2.05, 4.69) is 76.1 Å². The Morgan fingerprint density at radius 2 is 1.27 bits per heavy atom. The maximum Gasteiger partial charge on any atom is 0.124 e. The standard InChI is InChI=1S/C49H60N6/c1-2-27-17-34-18-35-19-36-22-37(30-13-15-42-44(23-30)54-48(52-42)46-25-32-7-3-5-9-40(32)50-46)29(21-39(35)36)12-11-28(27)20-38(34)31-14-16-43-45(24-31)55-49(53-43)47-26-33-8-4-6-10-41(33)51-47/h13-17,20,23-24,27-28,32-33,35-36,39-41,46-47,50-51H,2-12,18-19,21-22,25-26H2,1H3,(H,52,54)(H,53,55)/t27-,28?,32+,33+,35?,36+,39+,40+,41+,46+,47+/m1/s1. The second kappa shape index (κ2) is 13.3. The van der Waals surface area contributed by atoms with Crippen LogP contribution in [-0.4, -0.2) is 32.0 Å². The number of nitrogens with one attached hydrogen (secondary N) is 4. The van der Waals surface area contributed by atoms with Crippen LogP contribution in [0.15, 0.2) is 59.7 Å². The number of rotatable bonds is 5. The first kappa shape index (κ1) is 33.6. The average molecular weight is 733 g/mol. The van der Waals surface area contributed by atoms with Crippen molar-refractivity contribution in [3.63, 3.8) is 0 Å². The molecule has 2 aromatic heterocycles. The van der Waals surface area contributed by atoms with E-state index < -0.39 is 0 Å². The fraction of sp³-hybridized carbons (Fsp3) is 0.592. The summed E-state index contributed by atoms with van der Waals surface area (Å²) in [6, 6.07) is 16.4. The third-order valence-corrected chi connectivity index (χ3v) is 16.7. The van der Waals surface area contributed by atoms with Crippen LogP contribution >= 0.6 is 0 Å². The zero-order valence-electron chi connectivity index (χ0n) is 32.9. The van der Waals surface area contributed by atoms with Gasteiger partial charge in [-0.25, -0.2) is 9.97 Å². The molecule has 2 unspecified atom stereocenters. The number of aromatic amines is 2. The Bertz CT molecular complexity index is 2210. The van der Waals surface area contributed by atoms with Crippen LogP contribution in [-0.2, 0) is 0 Å². The molecule has 4 aromatic rings. The summed E-state index contributed by atoms with van der Waals surface area (Å²) < 4.78 is 0. The molecule has 2 aromatic carbocycles. The van der Waals surface area contributed by atoms with E-state index in [1.165, 1.54) is 137 Å². The normalized spacial score (nSPS) is 37.0. The van der Waals surface area contributed by atoms with Crippen LogP contribution in [0.4, 0.5) is 0 Å². The molecule has 0 amide bonds. The van der Waals surface area contributed by atoms with E-state index in [0.717, 1.165) is 52.3 Å². The predicted molar refractivity (Wildman–Crippen MR) is 223 cm³/mol. The maximum atomic E-state index is 5.27. The maximum absolute atomic E-state index is 5.27. The fourth-order valence-corrected chi connectivity index (χ4v) is 13.6. The van der Waals surface area contributed by atoms with Crippen LogP contribution in [0.1, 0.15) is 151 Å². The molecule has 7 aliphatic carbocycles. The number of fused-ring (bicyclic) bond motifs is 6. The number of nitrogens with zero attached hydrogens (tertiary/aromatic N) is 2. The Morgan fingerprint density at radius 3 is 1.95 bits per heavy atom. The first-order chi connectivity index (χ1) is 27.1. The van der Waals surface area contributed by atoms with Crippen molar-refractivity contribution in [2.24, 2.45) is 41.4 Å². The zero-order valence-corrected chi connectivity index (χ0v) is 32.9. The number of hydrogen-bond acceptors (Lipinski definition) is 4. The SMILES string of the molecule is CC[C@@H]1C=C2CC3C[C@H]4CC(c5ccc6[nH]c([C@@H]7C[C@@H]8CCCC[C@@H]8N7)nc6c5)=C(CCC1C=C2c1ccc2[nH]c([C@@H]5C[C@@H]6CCCC[C@@H]6N5)nc2c1)C[C@@H]34. The molecule has 2 aliphatic heterocycles. The van der Waals surface area contributed by atoms with Crippen LogP contribution in [0.25, 0.3) is 33.2 Å². The van der Waals surface area contributed by atoms with Gasteiger partial charge in [0.05, 0.1) is 34.2 Å². The second-order valence-corrected chi connectivity index (χ2v) is 19.6. The molecule has 4 heterocycles. The number of imidazole rings is 2. The van der Waals surface area contributed by atoms with Gasteiger partial charge in [-0.3, -0.25) is 0 Å². The largest absolute Gasteiger partial charge is 0.341 e. The lowest BCUT2D eigenvalue weighted by molar-refractivity contribution is 0.0686. The van der Waals surface area contributed by atoms with Crippen molar-refractivity contribution < 1.29 is 0 Å². The summed E-state index contributed by atoms with van der Waals surface area (Å²) in [7, 11) is 0. The molecule has 4 bridgehead atoms. The summed E-state index contributed by atoms with van der Waals surface area (Å²) in [4.78, 5) is 18.0. The summed E-state index contributed by atoms with van der Waals surface area (Å²) in [5.41, 5.74) is 14.0. The van der Waals surface area contributed by atoms with Gasteiger partial charge in [0.1, 0.15) is 11.6 Å². The van der Waals surface area contributed by atoms with Crippen LogP contribution in [0, 0.1) is 41.4 Å². The Balaban J connectivity index is 0.837. The molecule has 0 spiro atoms. The molecule has 4 N–H and O–H groups in total.